The largest absolute Gasteiger partial charge is 0.466 e. The molecule has 1 rings (SSSR count). The molecule has 2 N–H and O–H groups in total. The molecule has 1 aromatic carbocycles. The lowest BCUT2D eigenvalue weighted by Crippen LogP contribution is -2.25. The molecule has 0 saturated carbocycles. The van der Waals surface area contributed by atoms with Crippen LogP contribution in [0.3, 0.4) is 0 Å². The molecule has 20 heavy (non-hydrogen) atoms. The fourth-order valence-corrected chi connectivity index (χ4v) is 2.18. The van der Waals surface area contributed by atoms with E-state index in [2.05, 4.69) is 0 Å². The molecule has 0 aliphatic heterocycles. The number of hydrogen-bond donors (Lipinski definition) is 1. The third-order valence-corrected chi connectivity index (χ3v) is 3.06. The number of benzene rings is 1. The molecule has 0 amide bonds. The van der Waals surface area contributed by atoms with E-state index in [0.717, 1.165) is 6.07 Å². The van der Waals surface area contributed by atoms with Gasteiger partial charge in [-0.25, -0.2) is 8.78 Å². The predicted octanol–water partition coefficient (Wildman–Crippen LogP) is 3.33. The zero-order valence-electron chi connectivity index (χ0n) is 12.1. The van der Waals surface area contributed by atoms with Gasteiger partial charge in [0.05, 0.1) is 13.0 Å². The first kappa shape index (κ1) is 16.6. The Hall–Kier alpha value is -1.49. The molecule has 5 heteroatoms. The van der Waals surface area contributed by atoms with Gasteiger partial charge in [-0.3, -0.25) is 4.79 Å². The lowest BCUT2D eigenvalue weighted by molar-refractivity contribution is -0.145. The van der Waals surface area contributed by atoms with Crippen LogP contribution in [0.5, 0.6) is 0 Å². The first-order valence-corrected chi connectivity index (χ1v) is 6.61. The van der Waals surface area contributed by atoms with Crippen LogP contribution in [0.4, 0.5) is 8.78 Å². The molecule has 112 valence electrons. The average molecular weight is 285 g/mol. The molecule has 0 bridgehead atoms. The zero-order valence-corrected chi connectivity index (χ0v) is 12.1. The maximum atomic E-state index is 13.6. The topological polar surface area (TPSA) is 52.3 Å². The van der Waals surface area contributed by atoms with Crippen LogP contribution >= 0.6 is 0 Å². The molecule has 0 aliphatic rings. The van der Waals surface area contributed by atoms with Crippen molar-refractivity contribution in [3.63, 3.8) is 0 Å². The lowest BCUT2D eigenvalue weighted by atomic mass is 9.81. The van der Waals surface area contributed by atoms with Crippen LogP contribution in [0.25, 0.3) is 0 Å². The van der Waals surface area contributed by atoms with Crippen molar-refractivity contribution in [2.75, 3.05) is 6.61 Å². The second kappa shape index (κ2) is 6.79. The summed E-state index contributed by atoms with van der Waals surface area (Å²) in [5.41, 5.74) is 5.80. The number of ether oxygens (including phenoxy) is 1. The van der Waals surface area contributed by atoms with Gasteiger partial charge in [0.25, 0.3) is 0 Å². The van der Waals surface area contributed by atoms with Crippen LogP contribution < -0.4 is 5.73 Å². The molecule has 0 aliphatic carbocycles. The Bertz CT molecular complexity index is 475. The quantitative estimate of drug-likeness (QED) is 0.816. The Morgan fingerprint density at radius 2 is 2.05 bits per heavy atom. The lowest BCUT2D eigenvalue weighted by Gasteiger charge is -2.27. The minimum atomic E-state index is -0.663. The molecule has 0 aromatic heterocycles. The highest BCUT2D eigenvalue weighted by Gasteiger charge is 2.27. The van der Waals surface area contributed by atoms with Gasteiger partial charge in [0.1, 0.15) is 11.6 Å². The minimum absolute atomic E-state index is 0.206. The fourth-order valence-electron chi connectivity index (χ4n) is 2.18. The highest BCUT2D eigenvalue weighted by molar-refractivity contribution is 5.70. The summed E-state index contributed by atoms with van der Waals surface area (Å²) in [6.45, 7) is 5.80. The first-order chi connectivity index (χ1) is 9.25. The highest BCUT2D eigenvalue weighted by Crippen LogP contribution is 2.33. The second-order valence-corrected chi connectivity index (χ2v) is 5.62. The van der Waals surface area contributed by atoms with Crippen LogP contribution in [0.1, 0.15) is 45.2 Å². The van der Waals surface area contributed by atoms with Gasteiger partial charge >= 0.3 is 5.97 Å². The summed E-state index contributed by atoms with van der Waals surface area (Å²) in [4.78, 5) is 11.5. The number of carbonyl (C=O) groups is 1. The van der Waals surface area contributed by atoms with Crippen LogP contribution in [-0.2, 0) is 9.53 Å². The van der Waals surface area contributed by atoms with Gasteiger partial charge in [-0.15, -0.1) is 0 Å². The summed E-state index contributed by atoms with van der Waals surface area (Å²) in [7, 11) is 0. The number of esters is 1. The smallest absolute Gasteiger partial charge is 0.306 e. The second-order valence-electron chi connectivity index (χ2n) is 5.62. The van der Waals surface area contributed by atoms with Crippen LogP contribution in [0.15, 0.2) is 18.2 Å². The van der Waals surface area contributed by atoms with Crippen molar-refractivity contribution in [2.24, 2.45) is 11.1 Å². The Labute approximate surface area is 118 Å². The summed E-state index contributed by atoms with van der Waals surface area (Å²) < 4.78 is 31.4. The number of carbonyl (C=O) groups excluding carboxylic acids is 1. The molecule has 1 aromatic rings. The third kappa shape index (κ3) is 4.89. The van der Waals surface area contributed by atoms with E-state index in [1.54, 1.807) is 6.92 Å². The van der Waals surface area contributed by atoms with E-state index in [-0.39, 0.29) is 18.0 Å². The Morgan fingerprint density at radius 3 is 2.60 bits per heavy atom. The molecule has 1 atom stereocenters. The van der Waals surface area contributed by atoms with Crippen molar-refractivity contribution in [2.45, 2.75) is 39.7 Å². The summed E-state index contributed by atoms with van der Waals surface area (Å²) in [5, 5.41) is 0. The molecular weight excluding hydrogens is 264 g/mol. The van der Waals surface area contributed by atoms with Gasteiger partial charge in [-0.1, -0.05) is 19.9 Å². The third-order valence-electron chi connectivity index (χ3n) is 3.06. The van der Waals surface area contributed by atoms with Gasteiger partial charge in [-0.2, -0.15) is 0 Å². The number of hydrogen-bond acceptors (Lipinski definition) is 3. The number of nitrogens with two attached hydrogens (primary N) is 1. The maximum absolute atomic E-state index is 13.6. The highest BCUT2D eigenvalue weighted by atomic mass is 19.1. The molecular formula is C15H21F2NO2. The van der Waals surface area contributed by atoms with Gasteiger partial charge in [0.2, 0.25) is 0 Å². The summed E-state index contributed by atoms with van der Waals surface area (Å²) >= 11 is 0. The summed E-state index contributed by atoms with van der Waals surface area (Å²) in [6, 6.07) is 2.74. The predicted molar refractivity (Wildman–Crippen MR) is 72.9 cm³/mol. The van der Waals surface area contributed by atoms with Crippen LogP contribution in [-0.4, -0.2) is 12.6 Å². The van der Waals surface area contributed by atoms with Gasteiger partial charge in [0.15, 0.2) is 0 Å². The van der Waals surface area contributed by atoms with E-state index in [9.17, 15) is 13.6 Å². The van der Waals surface area contributed by atoms with E-state index in [0.29, 0.717) is 13.0 Å². The first-order valence-electron chi connectivity index (χ1n) is 6.61. The van der Waals surface area contributed by atoms with Crippen LogP contribution in [0, 0.1) is 17.0 Å². The van der Waals surface area contributed by atoms with Crippen molar-refractivity contribution in [3.05, 3.63) is 35.4 Å². The number of rotatable bonds is 6. The van der Waals surface area contributed by atoms with E-state index < -0.39 is 23.1 Å². The van der Waals surface area contributed by atoms with Crippen molar-refractivity contribution < 1.29 is 18.3 Å². The molecule has 0 fully saturated rings. The molecule has 0 radical (unpaired) electrons. The summed E-state index contributed by atoms with van der Waals surface area (Å²) in [6.07, 6.45) is 0.603. The Morgan fingerprint density at radius 1 is 1.40 bits per heavy atom. The zero-order chi connectivity index (χ0) is 15.3. The van der Waals surface area contributed by atoms with E-state index in [1.807, 2.05) is 13.8 Å². The van der Waals surface area contributed by atoms with Crippen molar-refractivity contribution >= 4 is 5.97 Å². The van der Waals surface area contributed by atoms with E-state index in [4.69, 9.17) is 10.5 Å². The average Bonchev–Trinajstić information content (AvgIpc) is 2.26. The molecule has 0 heterocycles. The summed E-state index contributed by atoms with van der Waals surface area (Å²) in [5.74, 6) is -1.60. The fraction of sp³-hybridized carbons (Fsp3) is 0.533. The monoisotopic (exact) mass is 285 g/mol. The van der Waals surface area contributed by atoms with Crippen LogP contribution in [0.2, 0.25) is 0 Å². The molecule has 1 unspecified atom stereocenters. The SMILES string of the molecule is CCOC(=O)CC(C)(C)CC(N)c1ccc(F)cc1F. The van der Waals surface area contributed by atoms with Crippen molar-refractivity contribution in [3.8, 4) is 0 Å². The van der Waals surface area contributed by atoms with E-state index in [1.165, 1.54) is 12.1 Å². The van der Waals surface area contributed by atoms with Crippen molar-refractivity contribution in [1.29, 1.82) is 0 Å². The van der Waals surface area contributed by atoms with Gasteiger partial charge in [-0.05, 0) is 24.8 Å². The van der Waals surface area contributed by atoms with Crippen molar-refractivity contribution in [1.82, 2.24) is 0 Å². The van der Waals surface area contributed by atoms with Gasteiger partial charge < -0.3 is 10.5 Å². The Kier molecular flexibility index (Phi) is 5.62. The standard InChI is InChI=1S/C15H21F2NO2/c1-4-20-14(19)9-15(2,3)8-13(18)11-6-5-10(16)7-12(11)17/h5-7,13H,4,8-9,18H2,1-3H3. The Balaban J connectivity index is 2.73. The van der Waals surface area contributed by atoms with E-state index >= 15 is 0 Å². The molecule has 0 saturated heterocycles. The molecule has 0 spiro atoms. The number of halogens is 2. The van der Waals surface area contributed by atoms with Gasteiger partial charge in [0, 0.05) is 17.7 Å². The minimum Gasteiger partial charge on any atom is -0.466 e. The maximum Gasteiger partial charge on any atom is 0.306 e. The normalized spacial score (nSPS) is 13.1. The molecule has 3 nitrogen and oxygen atoms in total.